The summed E-state index contributed by atoms with van der Waals surface area (Å²) < 4.78 is 23.2. The van der Waals surface area contributed by atoms with Gasteiger partial charge in [-0.05, 0) is 13.0 Å². The summed E-state index contributed by atoms with van der Waals surface area (Å²) in [4.78, 5) is 13.2. The summed E-state index contributed by atoms with van der Waals surface area (Å²) in [5, 5.41) is 0. The van der Waals surface area contributed by atoms with Gasteiger partial charge in [0, 0.05) is 5.69 Å². The lowest BCUT2D eigenvalue weighted by Crippen LogP contribution is -2.37. The molecule has 1 atom stereocenters. The predicted octanol–water partition coefficient (Wildman–Crippen LogP) is -1.19. The largest absolute Gasteiger partial charge is 0.544 e. The van der Waals surface area contributed by atoms with Gasteiger partial charge in [-0.3, -0.25) is 0 Å². The second-order valence-electron chi connectivity index (χ2n) is 5.38. The van der Waals surface area contributed by atoms with Gasteiger partial charge in [0.05, 0.1) is 18.9 Å². The Kier molecular flexibility index (Phi) is 2.44. The molecule has 4 aliphatic heterocycles. The van der Waals surface area contributed by atoms with Crippen molar-refractivity contribution in [3.05, 3.63) is 11.8 Å². The van der Waals surface area contributed by atoms with E-state index in [1.807, 2.05) is 17.7 Å². The monoisotopic (exact) mass is 281 g/mol. The topological polar surface area (TPSA) is 91.5 Å². The van der Waals surface area contributed by atoms with E-state index in [0.717, 1.165) is 11.5 Å². The highest BCUT2D eigenvalue weighted by Gasteiger charge is 2.57. The van der Waals surface area contributed by atoms with E-state index in [2.05, 4.69) is 15.0 Å². The number of aromatic nitrogens is 2. The summed E-state index contributed by atoms with van der Waals surface area (Å²) in [6.07, 6.45) is 0. The van der Waals surface area contributed by atoms with Crippen LogP contribution in [0.3, 0.4) is 0 Å². The maximum atomic E-state index is 5.36. The predicted molar refractivity (Wildman–Crippen MR) is 77.2 cm³/mol. The zero-order valence-corrected chi connectivity index (χ0v) is 11.3. The number of anilines is 1. The number of rotatable bonds is 5. The lowest BCUT2D eigenvalue weighted by atomic mass is 9.65. The summed E-state index contributed by atoms with van der Waals surface area (Å²) in [6, 6.07) is 1.91. The normalized spacial score (nSPS) is 26.4. The molecule has 1 aromatic heterocycles. The van der Waals surface area contributed by atoms with Crippen LogP contribution in [0.5, 0.6) is 0 Å². The van der Waals surface area contributed by atoms with Crippen LogP contribution in [-0.4, -0.2) is 63.2 Å². The van der Waals surface area contributed by atoms with Gasteiger partial charge >= 0.3 is 28.5 Å². The average molecular weight is 280 g/mol. The molecule has 1 radical (unpaired) electrons. The third kappa shape index (κ3) is 2.43. The van der Waals surface area contributed by atoms with E-state index in [1.54, 1.807) is 7.48 Å². The molecule has 0 bridgehead atoms. The molecule has 21 heavy (non-hydrogen) atoms. The lowest BCUT2D eigenvalue weighted by Gasteiger charge is -2.17. The molecule has 5 rings (SSSR count). The van der Waals surface area contributed by atoms with Gasteiger partial charge in [-0.1, -0.05) is 0 Å². The summed E-state index contributed by atoms with van der Waals surface area (Å²) in [5.74, 6) is 1.85. The Bertz CT molecular complexity index is 624. The Labute approximate surface area is 122 Å². The van der Waals surface area contributed by atoms with Gasteiger partial charge in [0.1, 0.15) is 5.82 Å². The van der Waals surface area contributed by atoms with E-state index in [-0.39, 0.29) is 26.9 Å². The van der Waals surface area contributed by atoms with Gasteiger partial charge in [-0.2, -0.15) is 9.98 Å². The first-order valence-electron chi connectivity index (χ1n) is 6.89. The van der Waals surface area contributed by atoms with Gasteiger partial charge in [0.15, 0.2) is 5.80 Å². The zero-order chi connectivity index (χ0) is 14.0. The maximum absolute atomic E-state index is 5.36. The first-order valence-corrected chi connectivity index (χ1v) is 6.89. The number of aryl methyl sites for hydroxylation is 1. The highest BCUT2D eigenvalue weighted by molar-refractivity contribution is 7.04. The highest BCUT2D eigenvalue weighted by atomic mass is 16.6. The maximum Gasteiger partial charge on any atom is 0.474 e. The molecule has 5 heterocycles. The van der Waals surface area contributed by atoms with Crippen molar-refractivity contribution in [1.82, 2.24) is 9.97 Å². The minimum atomic E-state index is -0.0628. The van der Waals surface area contributed by atoms with Crippen LogP contribution in [0.1, 0.15) is 5.69 Å². The fourth-order valence-electron chi connectivity index (χ4n) is 2.29. The van der Waals surface area contributed by atoms with Crippen LogP contribution >= 0.6 is 0 Å². The molecule has 8 nitrogen and oxygen atoms in total. The summed E-state index contributed by atoms with van der Waals surface area (Å²) in [6.45, 7) is 3.25. The van der Waals surface area contributed by atoms with Gasteiger partial charge in [0.25, 0.3) is 5.95 Å². The molecule has 0 aliphatic carbocycles. The minimum absolute atomic E-state index is 0.0456. The van der Waals surface area contributed by atoms with Gasteiger partial charge in [-0.15, -0.1) is 0 Å². The van der Waals surface area contributed by atoms with Crippen molar-refractivity contribution in [2.24, 2.45) is 4.99 Å². The molecule has 0 spiro atoms. The third-order valence-electron chi connectivity index (χ3n) is 3.58. The van der Waals surface area contributed by atoms with Gasteiger partial charge in [0.2, 0.25) is 0 Å². The fourth-order valence-corrected chi connectivity index (χ4v) is 2.29. The first-order chi connectivity index (χ1) is 10.3. The van der Waals surface area contributed by atoms with E-state index >= 15 is 0 Å². The highest BCUT2D eigenvalue weighted by Crippen LogP contribution is 2.29. The Hall–Kier alpha value is -1.51. The molecule has 101 valence electrons. The van der Waals surface area contributed by atoms with Crippen molar-refractivity contribution in [2.45, 2.75) is 12.8 Å². The second-order valence-corrected chi connectivity index (χ2v) is 5.38. The molecule has 4 saturated heterocycles. The molecule has 4 fully saturated rings. The van der Waals surface area contributed by atoms with Crippen LogP contribution in [-0.2, 0) is 18.6 Å². The Morgan fingerprint density at radius 3 is 2.67 bits per heavy atom. The SMILES string of the molecule is Cc1cc(N(B2CO2)B2CO2)nc(/N=C2/OB2C2[B]O2)n1. The summed E-state index contributed by atoms with van der Waals surface area (Å²) >= 11 is 0. The van der Waals surface area contributed by atoms with E-state index in [0.29, 0.717) is 24.8 Å². The van der Waals surface area contributed by atoms with Crippen LogP contribution < -0.4 is 4.72 Å². The van der Waals surface area contributed by atoms with Gasteiger partial charge in [-0.25, -0.2) is 4.98 Å². The van der Waals surface area contributed by atoms with Crippen LogP contribution in [0.15, 0.2) is 11.1 Å². The van der Waals surface area contributed by atoms with E-state index < -0.39 is 0 Å². The summed E-state index contributed by atoms with van der Waals surface area (Å²) in [5.41, 5.74) is 0.845. The molecular formula is C9H9B4N4O4. The quantitative estimate of drug-likeness (QED) is 0.495. The van der Waals surface area contributed by atoms with E-state index in [1.165, 1.54) is 0 Å². The number of aliphatic imine (C=N–C) groups is 1. The molecule has 0 aromatic carbocycles. The van der Waals surface area contributed by atoms with E-state index in [4.69, 9.17) is 18.6 Å². The average Bonchev–Trinajstić information content (AvgIpc) is 3.28. The lowest BCUT2D eigenvalue weighted by molar-refractivity contribution is 0.513. The zero-order valence-electron chi connectivity index (χ0n) is 11.3. The molecule has 0 N–H and O–H groups in total. The Morgan fingerprint density at radius 2 is 2.05 bits per heavy atom. The van der Waals surface area contributed by atoms with Crippen LogP contribution in [0, 0.1) is 6.92 Å². The molecule has 0 saturated carbocycles. The van der Waals surface area contributed by atoms with Crippen molar-refractivity contribution < 1.29 is 18.6 Å². The van der Waals surface area contributed by atoms with Crippen LogP contribution in [0.25, 0.3) is 0 Å². The molecule has 0 amide bonds. The van der Waals surface area contributed by atoms with Crippen LogP contribution in [0.2, 0.25) is 0 Å². The Morgan fingerprint density at radius 1 is 1.33 bits per heavy atom. The molecule has 12 heteroatoms. The van der Waals surface area contributed by atoms with Crippen molar-refractivity contribution in [3.63, 3.8) is 0 Å². The van der Waals surface area contributed by atoms with Crippen molar-refractivity contribution in [2.75, 3.05) is 17.7 Å². The number of nitrogens with zero attached hydrogens (tertiary/aromatic N) is 4. The smallest absolute Gasteiger partial charge is 0.474 e. The molecule has 4 aliphatic rings. The van der Waals surface area contributed by atoms with E-state index in [9.17, 15) is 0 Å². The second kappa shape index (κ2) is 4.25. The molecule has 1 unspecified atom stereocenters. The van der Waals surface area contributed by atoms with Gasteiger partial charge < -0.3 is 23.3 Å². The fraction of sp³-hybridized carbons (Fsp3) is 0.444. The summed E-state index contributed by atoms with van der Waals surface area (Å²) in [7, 11) is 1.82. The Balaban J connectivity index is 1.43. The van der Waals surface area contributed by atoms with Crippen molar-refractivity contribution in [3.8, 4) is 0 Å². The van der Waals surface area contributed by atoms with Crippen molar-refractivity contribution in [1.29, 1.82) is 0 Å². The first kappa shape index (κ1) is 12.1. The van der Waals surface area contributed by atoms with Crippen LogP contribution in [0.4, 0.5) is 11.8 Å². The minimum Gasteiger partial charge on any atom is -0.544 e. The third-order valence-corrected chi connectivity index (χ3v) is 3.58. The standard InChI is InChI=1S/C9H9B4N4O4/c1-5-2-6(17(11-3-18-11)12-4-19-12)15-9(14-5)16-8-13(21-8)7-10-20-7/h2,7H,3-4H2,1H3/b16-8+. The number of hydrogen-bond donors (Lipinski definition) is 0. The number of hydrogen-bond acceptors (Lipinski definition) is 8. The molecular weight excluding hydrogens is 271 g/mol. The van der Waals surface area contributed by atoms with Crippen molar-refractivity contribution >= 4 is 46.1 Å². The molecule has 1 aromatic rings.